The number of hydrogen-bond acceptors (Lipinski definition) is 8. The molecule has 0 unspecified atom stereocenters. The number of carbonyl (C=O) groups is 4. The minimum atomic E-state index is -1.32. The zero-order valence-corrected chi connectivity index (χ0v) is 37.4. The number of carbonyl (C=O) groups excluding carboxylic acids is 4. The van der Waals surface area contributed by atoms with Crippen molar-refractivity contribution in [2.75, 3.05) is 14.2 Å². The molecule has 0 bridgehead atoms. The normalized spacial score (nSPS) is 17.9. The van der Waals surface area contributed by atoms with Gasteiger partial charge in [-0.1, -0.05) is 159 Å². The highest BCUT2D eigenvalue weighted by atomic mass is 35.5. The van der Waals surface area contributed by atoms with Crippen LogP contribution in [0.2, 0.25) is 10.0 Å². The van der Waals surface area contributed by atoms with E-state index in [9.17, 15) is 19.2 Å². The summed E-state index contributed by atoms with van der Waals surface area (Å²) in [6.45, 7) is 12.2. The number of ether oxygens (including phenoxy) is 4. The molecule has 2 aliphatic heterocycles. The average Bonchev–Trinajstić information content (AvgIpc) is 3.79. The average molecular weight is 894 g/mol. The number of methoxy groups -OCH3 is 2. The zero-order chi connectivity index (χ0) is 45.8. The van der Waals surface area contributed by atoms with Gasteiger partial charge in [0.15, 0.2) is 0 Å². The van der Waals surface area contributed by atoms with Crippen LogP contribution in [0.3, 0.4) is 0 Å². The van der Waals surface area contributed by atoms with E-state index in [1.807, 2.05) is 111 Å². The van der Waals surface area contributed by atoms with Crippen molar-refractivity contribution in [1.82, 2.24) is 0 Å². The molecule has 6 aromatic rings. The van der Waals surface area contributed by atoms with E-state index in [2.05, 4.69) is 13.2 Å². The maximum atomic E-state index is 13.8. The van der Waals surface area contributed by atoms with E-state index in [0.29, 0.717) is 54.9 Å². The predicted octanol–water partition coefficient (Wildman–Crippen LogP) is 11.2. The summed E-state index contributed by atoms with van der Waals surface area (Å²) in [4.78, 5) is 53.1. The summed E-state index contributed by atoms with van der Waals surface area (Å²) >= 11 is 12.3. The van der Waals surface area contributed by atoms with Crippen molar-refractivity contribution in [2.45, 2.75) is 49.4 Å². The van der Waals surface area contributed by atoms with Crippen LogP contribution in [0.25, 0.3) is 0 Å². The number of rotatable bonds is 12. The molecule has 8 rings (SSSR count). The molecule has 2 aliphatic rings. The minimum absolute atomic E-state index is 0.158. The molecule has 324 valence electrons. The van der Waals surface area contributed by atoms with Gasteiger partial charge < -0.3 is 18.9 Å². The van der Waals surface area contributed by atoms with Gasteiger partial charge in [-0.3, -0.25) is 9.59 Å². The van der Waals surface area contributed by atoms with Crippen molar-refractivity contribution in [3.05, 3.63) is 224 Å². The molecule has 0 N–H and O–H groups in total. The van der Waals surface area contributed by atoms with Crippen LogP contribution in [0.1, 0.15) is 70.2 Å². The zero-order valence-electron chi connectivity index (χ0n) is 35.9. The molecule has 10 heteroatoms. The lowest BCUT2D eigenvalue weighted by Gasteiger charge is -2.36. The van der Waals surface area contributed by atoms with Gasteiger partial charge in [-0.25, -0.2) is 9.59 Å². The van der Waals surface area contributed by atoms with E-state index in [-0.39, 0.29) is 11.1 Å². The molecule has 0 amide bonds. The molecule has 6 aromatic carbocycles. The van der Waals surface area contributed by atoms with Crippen LogP contribution in [0.4, 0.5) is 0 Å². The quantitative estimate of drug-likeness (QED) is 0.0679. The van der Waals surface area contributed by atoms with Crippen LogP contribution >= 0.6 is 23.2 Å². The number of fused-ring (bicyclic) bond motifs is 2. The Morgan fingerprint density at radius 1 is 0.547 bits per heavy atom. The third-order valence-corrected chi connectivity index (χ3v) is 12.6. The molecule has 0 saturated heterocycles. The summed E-state index contributed by atoms with van der Waals surface area (Å²) in [5, 5.41) is 1.10. The van der Waals surface area contributed by atoms with Crippen molar-refractivity contribution in [1.29, 1.82) is 0 Å². The van der Waals surface area contributed by atoms with Crippen LogP contribution in [0, 0.1) is 0 Å². The number of esters is 4. The first kappa shape index (κ1) is 45.3. The molecule has 64 heavy (non-hydrogen) atoms. The molecule has 8 nitrogen and oxygen atoms in total. The summed E-state index contributed by atoms with van der Waals surface area (Å²) in [7, 11) is 2.61. The summed E-state index contributed by atoms with van der Waals surface area (Å²) < 4.78 is 21.7. The molecular weight excluding hydrogens is 847 g/mol. The van der Waals surface area contributed by atoms with Gasteiger partial charge in [0.25, 0.3) is 0 Å². The molecule has 0 saturated carbocycles. The lowest BCUT2D eigenvalue weighted by atomic mass is 9.61. The van der Waals surface area contributed by atoms with Gasteiger partial charge in [-0.05, 0) is 82.6 Å². The van der Waals surface area contributed by atoms with Crippen LogP contribution in [-0.2, 0) is 52.3 Å². The van der Waals surface area contributed by atoms with Crippen molar-refractivity contribution in [3.8, 4) is 11.5 Å². The molecule has 0 aliphatic carbocycles. The molecule has 4 atom stereocenters. The predicted molar refractivity (Wildman–Crippen MR) is 248 cm³/mol. The second-order valence-electron chi connectivity index (χ2n) is 15.5. The molecule has 0 fully saturated rings. The number of aryl methyl sites for hydroxylation is 2. The Bertz CT molecular complexity index is 2560. The maximum absolute atomic E-state index is 13.8. The Morgan fingerprint density at radius 2 is 0.891 bits per heavy atom. The molecule has 2 heterocycles. The number of hydrogen-bond donors (Lipinski definition) is 0. The second-order valence-corrected chi connectivity index (χ2v) is 16.4. The highest BCUT2D eigenvalue weighted by Gasteiger charge is 2.59. The largest absolute Gasteiger partial charge is 0.466 e. The minimum Gasteiger partial charge on any atom is -0.466 e. The first-order valence-corrected chi connectivity index (χ1v) is 21.5. The van der Waals surface area contributed by atoms with Gasteiger partial charge in [0.1, 0.15) is 22.3 Å². The third-order valence-electron chi connectivity index (χ3n) is 12.1. The molecule has 0 spiro atoms. The molecular formula is C54H46Cl2O8. The van der Waals surface area contributed by atoms with E-state index >= 15 is 0 Å². The van der Waals surface area contributed by atoms with Gasteiger partial charge in [-0.15, -0.1) is 0 Å². The fourth-order valence-electron chi connectivity index (χ4n) is 9.03. The van der Waals surface area contributed by atoms with Crippen molar-refractivity contribution >= 4 is 47.1 Å². The van der Waals surface area contributed by atoms with Crippen molar-refractivity contribution in [2.24, 2.45) is 0 Å². The summed E-state index contributed by atoms with van der Waals surface area (Å²) in [5.41, 5.74) is 4.04. The van der Waals surface area contributed by atoms with Gasteiger partial charge in [0, 0.05) is 44.2 Å². The standard InChI is InChI=1S/2C27H23ClO4/c2*1-4-18-10-15-23-22(16-18)27(26(30)32-23,20-8-6-5-7-9-20)24(17(2)25(29)31-3)19-11-13-21(28)14-12-19/h2*5-16,24H,2,4H2,1,3H3/t2*24-,27-/m00/s1. The molecule has 0 aromatic heterocycles. The summed E-state index contributed by atoms with van der Waals surface area (Å²) in [5.74, 6) is -2.68. The van der Waals surface area contributed by atoms with E-state index in [1.54, 1.807) is 48.5 Å². The highest BCUT2D eigenvalue weighted by molar-refractivity contribution is 6.30. The van der Waals surface area contributed by atoms with E-state index < -0.39 is 46.5 Å². The lowest BCUT2D eigenvalue weighted by Crippen LogP contribution is -2.43. The second kappa shape index (κ2) is 18.9. The monoisotopic (exact) mass is 892 g/mol. The smallest absolute Gasteiger partial charge is 0.333 e. The Labute approximate surface area is 383 Å². The Morgan fingerprint density at radius 3 is 1.20 bits per heavy atom. The fourth-order valence-corrected chi connectivity index (χ4v) is 9.28. The van der Waals surface area contributed by atoms with Crippen LogP contribution < -0.4 is 9.47 Å². The first-order chi connectivity index (χ1) is 30.9. The first-order valence-electron chi connectivity index (χ1n) is 20.7. The third kappa shape index (κ3) is 7.93. The number of benzene rings is 6. The van der Waals surface area contributed by atoms with Crippen LogP contribution in [-0.4, -0.2) is 38.1 Å². The highest BCUT2D eigenvalue weighted by Crippen LogP contribution is 2.57. The van der Waals surface area contributed by atoms with E-state index in [1.165, 1.54) is 14.2 Å². The van der Waals surface area contributed by atoms with E-state index in [0.717, 1.165) is 24.0 Å². The Hall–Kier alpha value is -6.74. The van der Waals surface area contributed by atoms with Crippen LogP contribution in [0.15, 0.2) is 170 Å². The van der Waals surface area contributed by atoms with Gasteiger partial charge in [0.05, 0.1) is 14.2 Å². The topological polar surface area (TPSA) is 105 Å². The van der Waals surface area contributed by atoms with E-state index in [4.69, 9.17) is 42.1 Å². The fraction of sp³-hybridized carbons (Fsp3) is 0.185. The van der Waals surface area contributed by atoms with Crippen molar-refractivity contribution in [3.63, 3.8) is 0 Å². The summed E-state index contributed by atoms with van der Waals surface area (Å²) in [6, 6.07) is 44.4. The van der Waals surface area contributed by atoms with Gasteiger partial charge in [0.2, 0.25) is 0 Å². The van der Waals surface area contributed by atoms with Crippen LogP contribution in [0.5, 0.6) is 11.5 Å². The van der Waals surface area contributed by atoms with Gasteiger partial charge >= 0.3 is 23.9 Å². The van der Waals surface area contributed by atoms with Gasteiger partial charge in [-0.2, -0.15) is 0 Å². The Balaban J connectivity index is 0.000000191. The Kier molecular flexibility index (Phi) is 13.4. The molecule has 0 radical (unpaired) electrons. The van der Waals surface area contributed by atoms with Crippen molar-refractivity contribution < 1.29 is 38.1 Å². The number of halogens is 2. The SMILES string of the molecule is C=C(C(=O)OC)[C@@H](c1ccc(Cl)cc1)[C@@]1(c2ccccc2)C(=O)Oc2ccc(CC)cc21.C=C(C(=O)OC)[C@@H](c1ccc(Cl)cc1)[C@@]1(c2ccccc2)C(=O)Oc2ccc(CC)cc21. The maximum Gasteiger partial charge on any atom is 0.333 e. The summed E-state index contributed by atoms with van der Waals surface area (Å²) in [6.07, 6.45) is 1.58. The lowest BCUT2D eigenvalue weighted by molar-refractivity contribution is -0.140.